The molecule has 7 heteroatoms. The highest BCUT2D eigenvalue weighted by Gasteiger charge is 2.22. The number of nitrogens with zero attached hydrogens (tertiary/aromatic N) is 2. The Morgan fingerprint density at radius 3 is 2.67 bits per heavy atom. The van der Waals surface area contributed by atoms with Crippen molar-refractivity contribution < 1.29 is 4.79 Å². The first-order valence-corrected chi connectivity index (χ1v) is 9.12. The summed E-state index contributed by atoms with van der Waals surface area (Å²) in [5, 5.41) is 0.779. The zero-order valence-corrected chi connectivity index (χ0v) is 14.7. The molecular weight excluding hydrogens is 326 g/mol. The van der Waals surface area contributed by atoms with Gasteiger partial charge in [0.2, 0.25) is 5.91 Å². The Labute approximate surface area is 148 Å². The SMILES string of the molecule is O=C(CCCCC1CNNN1)N1CCN(c2ccccc2Cl)CC1. The van der Waals surface area contributed by atoms with Crippen molar-refractivity contribution in [3.63, 3.8) is 0 Å². The van der Waals surface area contributed by atoms with Gasteiger partial charge in [-0.1, -0.05) is 30.2 Å². The van der Waals surface area contributed by atoms with Gasteiger partial charge in [-0.15, -0.1) is 0 Å². The molecule has 2 heterocycles. The number of para-hydroxylation sites is 1. The summed E-state index contributed by atoms with van der Waals surface area (Å²) in [6.07, 6.45) is 3.78. The van der Waals surface area contributed by atoms with E-state index in [4.69, 9.17) is 11.6 Å². The average molecular weight is 352 g/mol. The molecule has 0 bridgehead atoms. The Morgan fingerprint density at radius 2 is 1.96 bits per heavy atom. The maximum absolute atomic E-state index is 12.3. The van der Waals surface area contributed by atoms with E-state index in [9.17, 15) is 4.79 Å². The molecule has 2 aliphatic rings. The number of halogens is 1. The van der Waals surface area contributed by atoms with E-state index >= 15 is 0 Å². The van der Waals surface area contributed by atoms with Crippen LogP contribution in [0.3, 0.4) is 0 Å². The number of hydrogen-bond donors (Lipinski definition) is 3. The van der Waals surface area contributed by atoms with Gasteiger partial charge in [0.1, 0.15) is 0 Å². The van der Waals surface area contributed by atoms with Gasteiger partial charge in [0.15, 0.2) is 0 Å². The predicted octanol–water partition coefficient (Wildman–Crippen LogP) is 1.53. The number of unbranched alkanes of at least 4 members (excludes halogenated alkanes) is 1. The van der Waals surface area contributed by atoms with E-state index in [-0.39, 0.29) is 5.91 Å². The summed E-state index contributed by atoms with van der Waals surface area (Å²) in [7, 11) is 0. The van der Waals surface area contributed by atoms with Crippen LogP contribution in [0.2, 0.25) is 5.02 Å². The number of carbonyl (C=O) groups excluding carboxylic acids is 1. The van der Waals surface area contributed by atoms with Crippen molar-refractivity contribution in [2.45, 2.75) is 31.7 Å². The molecule has 2 saturated heterocycles. The number of hydrazine groups is 2. The molecule has 24 heavy (non-hydrogen) atoms. The van der Waals surface area contributed by atoms with Crippen molar-refractivity contribution in [1.82, 2.24) is 21.3 Å². The van der Waals surface area contributed by atoms with Gasteiger partial charge >= 0.3 is 0 Å². The number of benzene rings is 1. The minimum atomic E-state index is 0.282. The molecule has 3 rings (SSSR count). The van der Waals surface area contributed by atoms with Crippen molar-refractivity contribution in [3.05, 3.63) is 29.3 Å². The van der Waals surface area contributed by atoms with Gasteiger partial charge in [-0.05, 0) is 25.0 Å². The lowest BCUT2D eigenvalue weighted by Crippen LogP contribution is -2.48. The number of nitrogens with one attached hydrogen (secondary N) is 3. The number of amides is 1. The molecule has 3 N–H and O–H groups in total. The second-order valence-corrected chi connectivity index (χ2v) is 6.82. The Morgan fingerprint density at radius 1 is 1.17 bits per heavy atom. The summed E-state index contributed by atoms with van der Waals surface area (Å²) in [5.41, 5.74) is 10.2. The molecule has 1 amide bonds. The molecule has 0 aromatic heterocycles. The minimum absolute atomic E-state index is 0.282. The van der Waals surface area contributed by atoms with Crippen LogP contribution in [0.5, 0.6) is 0 Å². The number of piperazine rings is 1. The minimum Gasteiger partial charge on any atom is -0.367 e. The van der Waals surface area contributed by atoms with Crippen LogP contribution in [0, 0.1) is 0 Å². The van der Waals surface area contributed by atoms with Gasteiger partial charge < -0.3 is 9.80 Å². The average Bonchev–Trinajstić information content (AvgIpc) is 3.13. The molecule has 1 aromatic carbocycles. The zero-order valence-electron chi connectivity index (χ0n) is 13.9. The maximum atomic E-state index is 12.3. The van der Waals surface area contributed by atoms with Crippen molar-refractivity contribution in [3.8, 4) is 0 Å². The van der Waals surface area contributed by atoms with Crippen molar-refractivity contribution in [2.24, 2.45) is 0 Å². The lowest BCUT2D eigenvalue weighted by Gasteiger charge is -2.36. The van der Waals surface area contributed by atoms with Crippen LogP contribution in [0.4, 0.5) is 5.69 Å². The molecule has 1 unspecified atom stereocenters. The third-order valence-electron chi connectivity index (χ3n) is 4.73. The van der Waals surface area contributed by atoms with Crippen LogP contribution >= 0.6 is 11.6 Å². The quantitative estimate of drug-likeness (QED) is 0.679. The number of carbonyl (C=O) groups is 1. The van der Waals surface area contributed by atoms with E-state index < -0.39 is 0 Å². The Kier molecular flexibility index (Phi) is 6.31. The Bertz CT molecular complexity index is 542. The normalized spacial score (nSPS) is 21.3. The Balaban J connectivity index is 1.36. The molecule has 2 aliphatic heterocycles. The summed E-state index contributed by atoms with van der Waals surface area (Å²) < 4.78 is 0. The summed E-state index contributed by atoms with van der Waals surface area (Å²) >= 11 is 6.26. The fourth-order valence-electron chi connectivity index (χ4n) is 3.28. The summed E-state index contributed by atoms with van der Waals surface area (Å²) in [6, 6.07) is 8.38. The molecule has 1 aromatic rings. The van der Waals surface area contributed by atoms with E-state index in [0.29, 0.717) is 12.5 Å². The maximum Gasteiger partial charge on any atom is 0.222 e. The summed E-state index contributed by atoms with van der Waals surface area (Å²) in [4.78, 5) is 16.6. The van der Waals surface area contributed by atoms with Gasteiger partial charge in [0, 0.05) is 45.2 Å². The van der Waals surface area contributed by atoms with E-state index in [1.54, 1.807) is 0 Å². The van der Waals surface area contributed by atoms with E-state index in [0.717, 1.165) is 62.7 Å². The highest BCUT2D eigenvalue weighted by Crippen LogP contribution is 2.26. The van der Waals surface area contributed by atoms with Crippen molar-refractivity contribution in [2.75, 3.05) is 37.6 Å². The third-order valence-corrected chi connectivity index (χ3v) is 5.05. The second kappa shape index (κ2) is 8.67. The van der Waals surface area contributed by atoms with Gasteiger partial charge in [-0.25, -0.2) is 10.9 Å². The molecular formula is C17H26ClN5O. The highest BCUT2D eigenvalue weighted by molar-refractivity contribution is 6.33. The fraction of sp³-hybridized carbons (Fsp3) is 0.588. The molecule has 2 fully saturated rings. The van der Waals surface area contributed by atoms with Gasteiger partial charge in [0.05, 0.1) is 10.7 Å². The first kappa shape index (κ1) is 17.5. The third kappa shape index (κ3) is 4.60. The van der Waals surface area contributed by atoms with E-state index in [2.05, 4.69) is 21.3 Å². The summed E-state index contributed by atoms with van der Waals surface area (Å²) in [6.45, 7) is 4.19. The lowest BCUT2D eigenvalue weighted by atomic mass is 10.1. The molecule has 0 spiro atoms. The van der Waals surface area contributed by atoms with Crippen molar-refractivity contribution in [1.29, 1.82) is 0 Å². The number of rotatable bonds is 6. The van der Waals surface area contributed by atoms with Crippen LogP contribution in [0.25, 0.3) is 0 Å². The zero-order chi connectivity index (χ0) is 16.8. The highest BCUT2D eigenvalue weighted by atomic mass is 35.5. The second-order valence-electron chi connectivity index (χ2n) is 6.41. The molecule has 6 nitrogen and oxygen atoms in total. The van der Waals surface area contributed by atoms with Crippen LogP contribution < -0.4 is 21.3 Å². The molecule has 0 aliphatic carbocycles. The molecule has 0 saturated carbocycles. The lowest BCUT2D eigenvalue weighted by molar-refractivity contribution is -0.131. The monoisotopic (exact) mass is 351 g/mol. The van der Waals surface area contributed by atoms with Crippen LogP contribution in [0.1, 0.15) is 25.7 Å². The van der Waals surface area contributed by atoms with Gasteiger partial charge in [-0.3, -0.25) is 4.79 Å². The molecule has 1 atom stereocenters. The molecule has 0 radical (unpaired) electrons. The van der Waals surface area contributed by atoms with Crippen molar-refractivity contribution >= 4 is 23.2 Å². The van der Waals surface area contributed by atoms with Crippen LogP contribution in [0.15, 0.2) is 24.3 Å². The van der Waals surface area contributed by atoms with Crippen LogP contribution in [-0.2, 0) is 4.79 Å². The smallest absolute Gasteiger partial charge is 0.222 e. The summed E-state index contributed by atoms with van der Waals surface area (Å²) in [5.74, 6) is 0.282. The van der Waals surface area contributed by atoms with Gasteiger partial charge in [-0.2, -0.15) is 5.53 Å². The number of hydrogen-bond acceptors (Lipinski definition) is 5. The predicted molar refractivity (Wildman–Crippen MR) is 96.8 cm³/mol. The van der Waals surface area contributed by atoms with E-state index in [1.807, 2.05) is 29.2 Å². The number of anilines is 1. The van der Waals surface area contributed by atoms with E-state index in [1.165, 1.54) is 0 Å². The fourth-order valence-corrected chi connectivity index (χ4v) is 3.54. The first-order valence-electron chi connectivity index (χ1n) is 8.74. The first-order chi connectivity index (χ1) is 11.7. The standard InChI is InChI=1S/C17H26ClN5O/c18-15-6-2-3-7-16(15)22-9-11-23(12-10-22)17(24)8-4-1-5-14-13-19-21-20-14/h2-3,6-7,14,19-21H,1,4-5,8-13H2. The van der Waals surface area contributed by atoms with Gasteiger partial charge in [0.25, 0.3) is 0 Å². The topological polar surface area (TPSA) is 59.6 Å². The Hall–Kier alpha value is -1.34. The molecule has 132 valence electrons. The largest absolute Gasteiger partial charge is 0.367 e. The van der Waals surface area contributed by atoms with Crippen LogP contribution in [-0.4, -0.2) is 49.6 Å².